The molecule has 1 aliphatic rings. The summed E-state index contributed by atoms with van der Waals surface area (Å²) < 4.78 is 7.82. The first-order valence-corrected chi connectivity index (χ1v) is 9.80. The lowest BCUT2D eigenvalue weighted by atomic mass is 9.85. The molecule has 154 valence electrons. The minimum absolute atomic E-state index is 0.0721. The number of aryl methyl sites for hydroxylation is 1. The molecule has 0 spiro atoms. The Morgan fingerprint density at radius 3 is 2.57 bits per heavy atom. The van der Waals surface area contributed by atoms with Gasteiger partial charge in [-0.05, 0) is 24.1 Å². The molecule has 0 bridgehead atoms. The number of aromatic nitrogens is 3. The molecule has 0 unspecified atom stereocenters. The van der Waals surface area contributed by atoms with E-state index in [4.69, 9.17) is 4.74 Å². The Morgan fingerprint density at radius 1 is 1.17 bits per heavy atom. The highest BCUT2D eigenvalue weighted by Gasteiger charge is 2.38. The van der Waals surface area contributed by atoms with Crippen LogP contribution >= 0.6 is 0 Å². The van der Waals surface area contributed by atoms with E-state index in [1.165, 1.54) is 6.33 Å². The molecule has 2 N–H and O–H groups in total. The van der Waals surface area contributed by atoms with Crippen molar-refractivity contribution in [1.82, 2.24) is 20.1 Å². The van der Waals surface area contributed by atoms with Crippen LogP contribution in [0.5, 0.6) is 5.75 Å². The predicted octanol–water partition coefficient (Wildman–Crippen LogP) is 2.73. The monoisotopic (exact) mass is 405 g/mol. The maximum atomic E-state index is 13.0. The molecule has 4 rings (SSSR count). The minimum atomic E-state index is -0.370. The zero-order valence-corrected chi connectivity index (χ0v) is 17.0. The summed E-state index contributed by atoms with van der Waals surface area (Å²) in [5, 5.41) is 13.0. The van der Waals surface area contributed by atoms with Crippen LogP contribution in [0.15, 0.2) is 48.8 Å². The number of carbonyl (C=O) groups excluding carboxylic acids is 2. The smallest absolute Gasteiger partial charge is 0.258 e. The summed E-state index contributed by atoms with van der Waals surface area (Å²) in [6.45, 7) is 2.05. The van der Waals surface area contributed by atoms with Crippen LogP contribution in [0.2, 0.25) is 0 Å². The summed E-state index contributed by atoms with van der Waals surface area (Å²) in [6.07, 6.45) is 2.14. The molecule has 0 saturated carbocycles. The molecule has 0 radical (unpaired) electrons. The fourth-order valence-electron chi connectivity index (χ4n) is 3.81. The topological polar surface area (TPSA) is 98.1 Å². The van der Waals surface area contributed by atoms with E-state index in [2.05, 4.69) is 20.8 Å². The van der Waals surface area contributed by atoms with Crippen molar-refractivity contribution in [3.8, 4) is 5.75 Å². The molecular weight excluding hydrogens is 382 g/mol. The molecule has 1 aliphatic heterocycles. The third kappa shape index (κ3) is 3.41. The van der Waals surface area contributed by atoms with Gasteiger partial charge in [0, 0.05) is 31.1 Å². The highest BCUT2D eigenvalue weighted by atomic mass is 16.5. The van der Waals surface area contributed by atoms with Crippen molar-refractivity contribution in [2.45, 2.75) is 25.4 Å². The zero-order valence-electron chi connectivity index (χ0n) is 17.0. The average molecular weight is 405 g/mol. The van der Waals surface area contributed by atoms with Crippen LogP contribution in [0.25, 0.3) is 0 Å². The second kappa shape index (κ2) is 7.98. The first-order chi connectivity index (χ1) is 14.5. The largest absolute Gasteiger partial charge is 0.488 e. The average Bonchev–Trinajstić information content (AvgIpc) is 3.35. The van der Waals surface area contributed by atoms with Crippen molar-refractivity contribution >= 4 is 17.8 Å². The molecule has 1 aromatic heterocycles. The van der Waals surface area contributed by atoms with Gasteiger partial charge in [0.15, 0.2) is 0 Å². The number of fused-ring (bicyclic) bond motifs is 1. The second-order valence-electron chi connectivity index (χ2n) is 7.19. The first kappa shape index (κ1) is 19.6. The van der Waals surface area contributed by atoms with E-state index in [0.717, 1.165) is 17.5 Å². The van der Waals surface area contributed by atoms with E-state index in [-0.39, 0.29) is 23.8 Å². The summed E-state index contributed by atoms with van der Waals surface area (Å²) in [5.41, 5.74) is 2.61. The number of amides is 2. The van der Waals surface area contributed by atoms with Gasteiger partial charge in [-0.2, -0.15) is 0 Å². The normalized spacial score (nSPS) is 17.2. The number of carbonyl (C=O) groups is 2. The fraction of sp³-hybridized carbons (Fsp3) is 0.273. The van der Waals surface area contributed by atoms with Crippen LogP contribution < -0.4 is 15.4 Å². The van der Waals surface area contributed by atoms with Crippen molar-refractivity contribution < 1.29 is 14.3 Å². The molecule has 0 fully saturated rings. The summed E-state index contributed by atoms with van der Waals surface area (Å²) in [5.74, 6) is 0.112. The van der Waals surface area contributed by atoms with E-state index >= 15 is 0 Å². The Labute approximate surface area is 174 Å². The first-order valence-electron chi connectivity index (χ1n) is 9.80. The molecule has 8 heteroatoms. The summed E-state index contributed by atoms with van der Waals surface area (Å²) >= 11 is 0. The molecule has 8 nitrogen and oxygen atoms in total. The van der Waals surface area contributed by atoms with Crippen LogP contribution in [-0.2, 0) is 7.05 Å². The fourth-order valence-corrected chi connectivity index (χ4v) is 3.81. The number of anilines is 1. The highest BCUT2D eigenvalue weighted by Crippen LogP contribution is 2.46. The van der Waals surface area contributed by atoms with Crippen molar-refractivity contribution in [2.75, 3.05) is 12.4 Å². The molecule has 0 saturated heterocycles. The third-order valence-electron chi connectivity index (χ3n) is 5.33. The van der Waals surface area contributed by atoms with Crippen LogP contribution in [-0.4, -0.2) is 39.7 Å². The molecule has 2 atom stereocenters. The Morgan fingerprint density at radius 2 is 1.93 bits per heavy atom. The lowest BCUT2D eigenvalue weighted by Gasteiger charge is -2.18. The minimum Gasteiger partial charge on any atom is -0.488 e. The van der Waals surface area contributed by atoms with Gasteiger partial charge in [-0.3, -0.25) is 14.9 Å². The Balaban J connectivity index is 1.82. The van der Waals surface area contributed by atoms with E-state index < -0.39 is 0 Å². The molecular formula is C22H23N5O3. The number of rotatable bonds is 5. The van der Waals surface area contributed by atoms with E-state index in [1.807, 2.05) is 37.3 Å². The van der Waals surface area contributed by atoms with Crippen LogP contribution in [0.3, 0.4) is 0 Å². The zero-order chi connectivity index (χ0) is 21.3. The quantitative estimate of drug-likeness (QED) is 0.680. The van der Waals surface area contributed by atoms with E-state index in [1.54, 1.807) is 30.8 Å². The molecule has 2 amide bonds. The second-order valence-corrected chi connectivity index (χ2v) is 7.19. The SMILES string of the molecule is CC[C@H]1Oc2c(C(=O)NC)cc(C(=O)Nc3nncn3C)cc2[C@@H]1c1ccccc1. The highest BCUT2D eigenvalue weighted by molar-refractivity contribution is 6.07. The van der Waals surface area contributed by atoms with Gasteiger partial charge in [0.25, 0.3) is 11.8 Å². The van der Waals surface area contributed by atoms with Gasteiger partial charge < -0.3 is 14.6 Å². The lowest BCUT2D eigenvalue weighted by molar-refractivity contribution is 0.0957. The van der Waals surface area contributed by atoms with Gasteiger partial charge in [-0.1, -0.05) is 37.3 Å². The van der Waals surface area contributed by atoms with Crippen molar-refractivity contribution in [1.29, 1.82) is 0 Å². The number of nitrogens with one attached hydrogen (secondary N) is 2. The number of nitrogens with zero attached hydrogens (tertiary/aromatic N) is 3. The summed E-state index contributed by atoms with van der Waals surface area (Å²) in [6, 6.07) is 13.4. The van der Waals surface area contributed by atoms with Crippen LogP contribution in [0, 0.1) is 0 Å². The summed E-state index contributed by atoms with van der Waals surface area (Å²) in [4.78, 5) is 25.6. The Hall–Kier alpha value is -3.68. The molecule has 3 aromatic rings. The van der Waals surface area contributed by atoms with E-state index in [0.29, 0.717) is 22.8 Å². The number of benzene rings is 2. The van der Waals surface area contributed by atoms with Crippen molar-refractivity contribution in [3.05, 3.63) is 71.0 Å². The molecule has 0 aliphatic carbocycles. The predicted molar refractivity (Wildman–Crippen MR) is 112 cm³/mol. The van der Waals surface area contributed by atoms with Gasteiger partial charge in [-0.25, -0.2) is 0 Å². The van der Waals surface area contributed by atoms with Crippen molar-refractivity contribution in [3.63, 3.8) is 0 Å². The maximum absolute atomic E-state index is 13.0. The van der Waals surface area contributed by atoms with Crippen LogP contribution in [0.1, 0.15) is 51.1 Å². The van der Waals surface area contributed by atoms with Crippen molar-refractivity contribution in [2.24, 2.45) is 7.05 Å². The van der Waals surface area contributed by atoms with Gasteiger partial charge in [-0.15, -0.1) is 10.2 Å². The number of hydrogen-bond donors (Lipinski definition) is 2. The van der Waals surface area contributed by atoms with Gasteiger partial charge in [0.1, 0.15) is 18.2 Å². The lowest BCUT2D eigenvalue weighted by Crippen LogP contribution is -2.21. The third-order valence-corrected chi connectivity index (χ3v) is 5.33. The van der Waals surface area contributed by atoms with Gasteiger partial charge in [0.05, 0.1) is 5.56 Å². The van der Waals surface area contributed by atoms with Gasteiger partial charge >= 0.3 is 0 Å². The summed E-state index contributed by atoms with van der Waals surface area (Å²) in [7, 11) is 3.29. The molecule has 30 heavy (non-hydrogen) atoms. The van der Waals surface area contributed by atoms with Gasteiger partial charge in [0.2, 0.25) is 5.95 Å². The Bertz CT molecular complexity index is 1090. The molecule has 2 heterocycles. The molecule has 2 aromatic carbocycles. The van der Waals surface area contributed by atoms with Crippen LogP contribution in [0.4, 0.5) is 5.95 Å². The maximum Gasteiger partial charge on any atom is 0.258 e. The Kier molecular flexibility index (Phi) is 5.22. The standard InChI is InChI=1S/C22H23N5O3/c1-4-17-18(13-8-6-5-7-9-13)15-10-14(11-16(19(15)30-17)21(29)23-2)20(28)25-22-26-24-12-27(22)3/h5-12,17-18H,4H2,1-3H3,(H,23,29)(H,25,26,28)/t17-,18+/m1/s1. The number of hydrogen-bond acceptors (Lipinski definition) is 5. The number of ether oxygens (including phenoxy) is 1. The van der Waals surface area contributed by atoms with E-state index in [9.17, 15) is 9.59 Å².